The van der Waals surface area contributed by atoms with E-state index in [0.717, 1.165) is 44.2 Å². The molecule has 152 valence electrons. The van der Waals surface area contributed by atoms with Crippen LogP contribution in [0.15, 0.2) is 23.3 Å². The summed E-state index contributed by atoms with van der Waals surface area (Å²) in [5, 5.41) is 6.93. The quantitative estimate of drug-likeness (QED) is 0.351. The van der Waals surface area contributed by atoms with Gasteiger partial charge in [0.05, 0.1) is 13.2 Å². The Morgan fingerprint density at radius 1 is 1.19 bits per heavy atom. The summed E-state index contributed by atoms with van der Waals surface area (Å²) in [6.45, 7) is 10.7. The first kappa shape index (κ1) is 21.5. The van der Waals surface area contributed by atoms with E-state index in [4.69, 9.17) is 14.5 Å². The number of hydrogen-bond acceptors (Lipinski definition) is 4. The lowest BCUT2D eigenvalue weighted by atomic mass is 9.83. The number of ether oxygens (including phenoxy) is 2. The standard InChI is InChI=1S/C21H36N4O2/c1-4-22-20(24-16-18-10-9-14-23-19(18)27-6-3)25-17-21(11-7-8-12-21)13-15-26-5-2/h9-10,14H,4-8,11-13,15-17H2,1-3H3,(H2,22,24,25). The molecule has 0 aromatic carbocycles. The number of rotatable bonds is 11. The van der Waals surface area contributed by atoms with Gasteiger partial charge in [-0.2, -0.15) is 0 Å². The molecule has 0 bridgehead atoms. The highest BCUT2D eigenvalue weighted by Crippen LogP contribution is 2.40. The monoisotopic (exact) mass is 376 g/mol. The first-order chi connectivity index (χ1) is 13.2. The van der Waals surface area contributed by atoms with Crippen molar-refractivity contribution in [3.05, 3.63) is 23.9 Å². The Bertz CT molecular complexity index is 571. The molecule has 2 N–H and O–H groups in total. The van der Waals surface area contributed by atoms with Crippen LogP contribution in [0.1, 0.15) is 58.4 Å². The first-order valence-corrected chi connectivity index (χ1v) is 10.4. The third kappa shape index (κ3) is 7.01. The van der Waals surface area contributed by atoms with E-state index < -0.39 is 0 Å². The van der Waals surface area contributed by atoms with E-state index >= 15 is 0 Å². The van der Waals surface area contributed by atoms with Crippen molar-refractivity contribution < 1.29 is 9.47 Å². The number of nitrogens with zero attached hydrogens (tertiary/aromatic N) is 2. The van der Waals surface area contributed by atoms with Gasteiger partial charge >= 0.3 is 0 Å². The fraction of sp³-hybridized carbons (Fsp3) is 0.714. The third-order valence-corrected chi connectivity index (χ3v) is 5.16. The molecule has 0 saturated heterocycles. The van der Waals surface area contributed by atoms with Gasteiger partial charge in [-0.1, -0.05) is 18.9 Å². The summed E-state index contributed by atoms with van der Waals surface area (Å²) in [6, 6.07) is 3.95. The molecule has 1 heterocycles. The lowest BCUT2D eigenvalue weighted by molar-refractivity contribution is 0.105. The molecule has 1 aromatic heterocycles. The minimum atomic E-state index is 0.330. The molecule has 0 atom stereocenters. The number of aromatic nitrogens is 1. The molecule has 1 saturated carbocycles. The summed E-state index contributed by atoms with van der Waals surface area (Å²) < 4.78 is 11.2. The van der Waals surface area contributed by atoms with Crippen molar-refractivity contribution in [2.45, 2.75) is 59.4 Å². The fourth-order valence-electron chi connectivity index (χ4n) is 3.66. The highest BCUT2D eigenvalue weighted by Gasteiger charge is 2.33. The van der Waals surface area contributed by atoms with Gasteiger partial charge in [-0.25, -0.2) is 9.98 Å². The molecule has 0 amide bonds. The van der Waals surface area contributed by atoms with Gasteiger partial charge < -0.3 is 20.1 Å². The highest BCUT2D eigenvalue weighted by molar-refractivity contribution is 5.79. The summed E-state index contributed by atoms with van der Waals surface area (Å²) in [4.78, 5) is 9.07. The topological polar surface area (TPSA) is 67.8 Å². The van der Waals surface area contributed by atoms with E-state index in [0.29, 0.717) is 24.4 Å². The molecule has 1 aromatic rings. The lowest BCUT2D eigenvalue weighted by Crippen LogP contribution is -2.43. The predicted molar refractivity (Wildman–Crippen MR) is 110 cm³/mol. The van der Waals surface area contributed by atoms with E-state index in [1.54, 1.807) is 6.20 Å². The molecular weight excluding hydrogens is 340 g/mol. The summed E-state index contributed by atoms with van der Waals surface area (Å²) in [5.41, 5.74) is 1.33. The van der Waals surface area contributed by atoms with Gasteiger partial charge in [-0.05, 0) is 51.5 Å². The van der Waals surface area contributed by atoms with Gasteiger partial charge in [-0.15, -0.1) is 0 Å². The summed E-state index contributed by atoms with van der Waals surface area (Å²) in [5.74, 6) is 1.52. The Balaban J connectivity index is 1.98. The largest absolute Gasteiger partial charge is 0.478 e. The van der Waals surface area contributed by atoms with Crippen molar-refractivity contribution in [1.82, 2.24) is 15.6 Å². The Kier molecular flexibility index (Phi) is 9.39. The molecule has 0 aliphatic heterocycles. The molecule has 2 rings (SSSR count). The van der Waals surface area contributed by atoms with Crippen LogP contribution in [0.25, 0.3) is 0 Å². The minimum Gasteiger partial charge on any atom is -0.478 e. The maximum absolute atomic E-state index is 5.62. The van der Waals surface area contributed by atoms with Crippen molar-refractivity contribution in [3.63, 3.8) is 0 Å². The third-order valence-electron chi connectivity index (χ3n) is 5.16. The molecular formula is C21H36N4O2. The molecule has 0 unspecified atom stereocenters. The second-order valence-corrected chi connectivity index (χ2v) is 7.10. The zero-order valence-electron chi connectivity index (χ0n) is 17.2. The van der Waals surface area contributed by atoms with Gasteiger partial charge in [-0.3, -0.25) is 0 Å². The zero-order chi connectivity index (χ0) is 19.4. The number of guanidine groups is 1. The van der Waals surface area contributed by atoms with Gasteiger partial charge in [0.1, 0.15) is 0 Å². The van der Waals surface area contributed by atoms with Crippen LogP contribution in [0.4, 0.5) is 0 Å². The highest BCUT2D eigenvalue weighted by atomic mass is 16.5. The van der Waals surface area contributed by atoms with Crippen molar-refractivity contribution in [2.75, 3.05) is 32.9 Å². The molecule has 1 fully saturated rings. The van der Waals surface area contributed by atoms with E-state index in [9.17, 15) is 0 Å². The van der Waals surface area contributed by atoms with Crippen LogP contribution >= 0.6 is 0 Å². The fourth-order valence-corrected chi connectivity index (χ4v) is 3.66. The Hall–Kier alpha value is -1.82. The molecule has 6 nitrogen and oxygen atoms in total. The summed E-state index contributed by atoms with van der Waals surface area (Å²) in [7, 11) is 0. The normalized spacial score (nSPS) is 16.3. The maximum Gasteiger partial charge on any atom is 0.218 e. The SMILES string of the molecule is CCNC(=NCc1cccnc1OCC)NCC1(CCOCC)CCCC1. The van der Waals surface area contributed by atoms with E-state index in [-0.39, 0.29) is 0 Å². The van der Waals surface area contributed by atoms with Crippen LogP contribution in [0.2, 0.25) is 0 Å². The summed E-state index contributed by atoms with van der Waals surface area (Å²) in [6.07, 6.45) is 8.03. The van der Waals surface area contributed by atoms with Crippen LogP contribution in [-0.4, -0.2) is 43.9 Å². The van der Waals surface area contributed by atoms with E-state index in [1.807, 2.05) is 19.1 Å². The van der Waals surface area contributed by atoms with Crippen LogP contribution in [0.5, 0.6) is 5.88 Å². The second kappa shape index (κ2) is 11.8. The zero-order valence-corrected chi connectivity index (χ0v) is 17.2. The maximum atomic E-state index is 5.62. The summed E-state index contributed by atoms with van der Waals surface area (Å²) >= 11 is 0. The molecule has 0 radical (unpaired) electrons. The van der Waals surface area contributed by atoms with Crippen molar-refractivity contribution >= 4 is 5.96 Å². The Morgan fingerprint density at radius 2 is 2.00 bits per heavy atom. The van der Waals surface area contributed by atoms with Crippen LogP contribution in [0.3, 0.4) is 0 Å². The van der Waals surface area contributed by atoms with Gasteiger partial charge in [0.2, 0.25) is 5.88 Å². The average molecular weight is 377 g/mol. The number of pyridine rings is 1. The number of aliphatic imine (C=N–C) groups is 1. The number of nitrogens with one attached hydrogen (secondary N) is 2. The Labute approximate surface area is 164 Å². The smallest absolute Gasteiger partial charge is 0.218 e. The predicted octanol–water partition coefficient (Wildman–Crippen LogP) is 3.52. The van der Waals surface area contributed by atoms with E-state index in [2.05, 4.69) is 29.5 Å². The van der Waals surface area contributed by atoms with Gasteiger partial charge in [0.25, 0.3) is 0 Å². The van der Waals surface area contributed by atoms with Gasteiger partial charge in [0.15, 0.2) is 5.96 Å². The average Bonchev–Trinajstić information content (AvgIpc) is 3.15. The van der Waals surface area contributed by atoms with Crippen LogP contribution in [0, 0.1) is 5.41 Å². The molecule has 27 heavy (non-hydrogen) atoms. The van der Waals surface area contributed by atoms with Crippen LogP contribution < -0.4 is 15.4 Å². The molecule has 1 aliphatic carbocycles. The van der Waals surface area contributed by atoms with Crippen LogP contribution in [-0.2, 0) is 11.3 Å². The van der Waals surface area contributed by atoms with E-state index in [1.165, 1.54) is 25.7 Å². The molecule has 6 heteroatoms. The first-order valence-electron chi connectivity index (χ1n) is 10.4. The van der Waals surface area contributed by atoms with Gasteiger partial charge in [0, 0.05) is 38.1 Å². The minimum absolute atomic E-state index is 0.330. The van der Waals surface area contributed by atoms with Crippen molar-refractivity contribution in [3.8, 4) is 5.88 Å². The van der Waals surface area contributed by atoms with Crippen molar-refractivity contribution in [1.29, 1.82) is 0 Å². The lowest BCUT2D eigenvalue weighted by Gasteiger charge is -2.30. The number of hydrogen-bond donors (Lipinski definition) is 2. The van der Waals surface area contributed by atoms with Crippen molar-refractivity contribution in [2.24, 2.45) is 10.4 Å². The Morgan fingerprint density at radius 3 is 2.70 bits per heavy atom. The second-order valence-electron chi connectivity index (χ2n) is 7.10. The molecule has 1 aliphatic rings. The molecule has 0 spiro atoms.